The van der Waals surface area contributed by atoms with Gasteiger partial charge >= 0.3 is 6.09 Å². The number of hydrogen-bond donors (Lipinski definition) is 1. The van der Waals surface area contributed by atoms with Crippen molar-refractivity contribution in [3.63, 3.8) is 0 Å². The molecule has 1 unspecified atom stereocenters. The average molecular weight is 571 g/mol. The first-order valence-electron chi connectivity index (χ1n) is 15.4. The van der Waals surface area contributed by atoms with Gasteiger partial charge in [0.2, 0.25) is 0 Å². The maximum absolute atomic E-state index is 12.8. The summed E-state index contributed by atoms with van der Waals surface area (Å²) in [5.74, 6) is 0.832. The fourth-order valence-electron chi connectivity index (χ4n) is 6.04. The smallest absolute Gasteiger partial charge is 0.410 e. The molecule has 3 aromatic heterocycles. The summed E-state index contributed by atoms with van der Waals surface area (Å²) >= 11 is 0. The number of nitrogens with zero attached hydrogens (tertiary/aromatic N) is 5. The molecule has 9 heteroatoms. The van der Waals surface area contributed by atoms with Crippen LogP contribution in [0, 0.1) is 6.92 Å². The van der Waals surface area contributed by atoms with Gasteiger partial charge in [-0.15, -0.1) is 0 Å². The van der Waals surface area contributed by atoms with E-state index in [1.54, 1.807) is 4.90 Å². The average Bonchev–Trinajstić information content (AvgIpc) is 3.57. The van der Waals surface area contributed by atoms with E-state index >= 15 is 0 Å². The van der Waals surface area contributed by atoms with Crippen molar-refractivity contribution >= 4 is 17.0 Å². The molecule has 1 atom stereocenters. The van der Waals surface area contributed by atoms with E-state index in [9.17, 15) is 4.79 Å². The van der Waals surface area contributed by atoms with Crippen molar-refractivity contribution in [1.29, 1.82) is 0 Å². The van der Waals surface area contributed by atoms with Gasteiger partial charge in [-0.1, -0.05) is 6.07 Å². The molecule has 0 bridgehead atoms. The van der Waals surface area contributed by atoms with Gasteiger partial charge in [-0.25, -0.2) is 14.5 Å². The van der Waals surface area contributed by atoms with Crippen LogP contribution in [0.2, 0.25) is 0 Å². The number of hydrogen-bond acceptors (Lipinski definition) is 6. The number of aryl methyl sites for hydroxylation is 2. The summed E-state index contributed by atoms with van der Waals surface area (Å²) in [7, 11) is 0. The highest BCUT2D eigenvalue weighted by Gasteiger charge is 2.26. The molecular formula is C33H42N6O3. The standard InChI is InChI=1S/C33H42N6O3/c1-6-38(32(40)42-33(3,4)5)20-23-18-34-19-25(21(23)2)22-14-15-28-24(17-22)30(37-39(28)29-13-9-10-16-41-29)31-35-26-11-7-8-12-27(26)36-31/h14-15,17-19,29H,6-13,16,20H2,1-5H3,(H,35,36). The molecule has 1 aliphatic heterocycles. The molecule has 1 saturated heterocycles. The lowest BCUT2D eigenvalue weighted by molar-refractivity contribution is -0.0365. The molecule has 42 heavy (non-hydrogen) atoms. The number of imidazole rings is 1. The number of carbonyl (C=O) groups excluding carboxylic acids is 1. The lowest BCUT2D eigenvalue weighted by atomic mass is 9.97. The summed E-state index contributed by atoms with van der Waals surface area (Å²) in [5.41, 5.74) is 7.92. The van der Waals surface area contributed by atoms with Crippen LogP contribution in [-0.4, -0.2) is 54.5 Å². The van der Waals surface area contributed by atoms with Gasteiger partial charge in [-0.3, -0.25) is 4.98 Å². The number of nitrogens with one attached hydrogen (secondary N) is 1. The summed E-state index contributed by atoms with van der Waals surface area (Å²) in [6, 6.07) is 6.49. The van der Waals surface area contributed by atoms with Crippen LogP contribution >= 0.6 is 0 Å². The summed E-state index contributed by atoms with van der Waals surface area (Å²) < 4.78 is 13.9. The molecule has 0 spiro atoms. The van der Waals surface area contributed by atoms with Crippen molar-refractivity contribution in [3.8, 4) is 22.6 Å². The molecule has 222 valence electrons. The Kier molecular flexibility index (Phi) is 7.79. The molecular weight excluding hydrogens is 528 g/mol. The maximum Gasteiger partial charge on any atom is 0.410 e. The number of benzene rings is 1. The van der Waals surface area contributed by atoms with Crippen LogP contribution in [0.25, 0.3) is 33.5 Å². The molecule has 2 aliphatic rings. The number of pyridine rings is 1. The number of fused-ring (bicyclic) bond motifs is 2. The van der Waals surface area contributed by atoms with Gasteiger partial charge in [0.25, 0.3) is 0 Å². The zero-order chi connectivity index (χ0) is 29.4. The summed E-state index contributed by atoms with van der Waals surface area (Å²) in [4.78, 5) is 27.8. The first kappa shape index (κ1) is 28.4. The molecule has 4 heterocycles. The van der Waals surface area contributed by atoms with Crippen molar-refractivity contribution in [2.75, 3.05) is 13.2 Å². The normalized spacial score (nSPS) is 17.3. The minimum atomic E-state index is -0.548. The third-order valence-electron chi connectivity index (χ3n) is 8.34. The second-order valence-electron chi connectivity index (χ2n) is 12.5. The summed E-state index contributed by atoms with van der Waals surface area (Å²) in [6.07, 6.45) is 10.9. The van der Waals surface area contributed by atoms with Gasteiger partial charge in [0.15, 0.2) is 12.1 Å². The van der Waals surface area contributed by atoms with Crippen LogP contribution in [0.15, 0.2) is 30.6 Å². The first-order valence-corrected chi connectivity index (χ1v) is 15.4. The molecule has 1 fully saturated rings. The van der Waals surface area contributed by atoms with Crippen LogP contribution < -0.4 is 0 Å². The molecule has 9 nitrogen and oxygen atoms in total. The van der Waals surface area contributed by atoms with Crippen molar-refractivity contribution in [3.05, 3.63) is 53.1 Å². The molecule has 6 rings (SSSR count). The van der Waals surface area contributed by atoms with Crippen LogP contribution in [-0.2, 0) is 28.9 Å². The second kappa shape index (κ2) is 11.5. The number of rotatable bonds is 6. The predicted molar refractivity (Wildman–Crippen MR) is 163 cm³/mol. The van der Waals surface area contributed by atoms with Crippen molar-refractivity contribution in [2.24, 2.45) is 0 Å². The summed E-state index contributed by atoms with van der Waals surface area (Å²) in [5, 5.41) is 6.17. The van der Waals surface area contributed by atoms with E-state index in [4.69, 9.17) is 19.6 Å². The highest BCUT2D eigenvalue weighted by Crippen LogP contribution is 2.36. The quantitative estimate of drug-likeness (QED) is 0.265. The Hall–Kier alpha value is -3.72. The number of ether oxygens (including phenoxy) is 2. The van der Waals surface area contributed by atoms with Crippen LogP contribution in [0.3, 0.4) is 0 Å². The highest BCUT2D eigenvalue weighted by molar-refractivity contribution is 5.95. The van der Waals surface area contributed by atoms with E-state index in [0.717, 1.165) is 83.4 Å². The SMILES string of the molecule is CCN(Cc1cncc(-c2ccc3c(c2)c(-c2nc4c([nH]2)CCCC4)nn3C2CCCCO2)c1C)C(=O)OC(C)(C)C. The van der Waals surface area contributed by atoms with E-state index in [1.807, 2.05) is 40.1 Å². The number of aromatic nitrogens is 5. The minimum Gasteiger partial charge on any atom is -0.444 e. The number of aromatic amines is 1. The number of H-pyrrole nitrogens is 1. The van der Waals surface area contributed by atoms with Gasteiger partial charge < -0.3 is 19.4 Å². The van der Waals surface area contributed by atoms with E-state index in [-0.39, 0.29) is 12.3 Å². The Morgan fingerprint density at radius 1 is 1.17 bits per heavy atom. The van der Waals surface area contributed by atoms with Gasteiger partial charge in [-0.05, 0) is 108 Å². The van der Waals surface area contributed by atoms with Gasteiger partial charge in [-0.2, -0.15) is 5.10 Å². The monoisotopic (exact) mass is 570 g/mol. The van der Waals surface area contributed by atoms with E-state index < -0.39 is 5.60 Å². The van der Waals surface area contributed by atoms with Crippen LogP contribution in [0.1, 0.15) is 88.5 Å². The predicted octanol–water partition coefficient (Wildman–Crippen LogP) is 7.13. The number of carbonyl (C=O) groups is 1. The fourth-order valence-corrected chi connectivity index (χ4v) is 6.04. The molecule has 1 aromatic carbocycles. The lowest BCUT2D eigenvalue weighted by Gasteiger charge is -2.27. The van der Waals surface area contributed by atoms with Crippen molar-refractivity contribution in [1.82, 2.24) is 29.6 Å². The topological polar surface area (TPSA) is 98.2 Å². The molecule has 1 aliphatic carbocycles. The fraction of sp³-hybridized carbons (Fsp3) is 0.515. The Morgan fingerprint density at radius 3 is 2.74 bits per heavy atom. The third-order valence-corrected chi connectivity index (χ3v) is 8.34. The highest BCUT2D eigenvalue weighted by atomic mass is 16.6. The number of amides is 1. The molecule has 0 radical (unpaired) electrons. The van der Waals surface area contributed by atoms with E-state index in [2.05, 4.69) is 39.8 Å². The Morgan fingerprint density at radius 2 is 2.00 bits per heavy atom. The van der Waals surface area contributed by atoms with Gasteiger partial charge in [0.05, 0.1) is 17.8 Å². The third kappa shape index (κ3) is 5.67. The molecule has 4 aromatic rings. The summed E-state index contributed by atoms with van der Waals surface area (Å²) in [6.45, 7) is 11.5. The minimum absolute atomic E-state index is 0.0787. The molecule has 1 amide bonds. The maximum atomic E-state index is 12.8. The first-order chi connectivity index (χ1) is 20.2. The van der Waals surface area contributed by atoms with Crippen molar-refractivity contribution < 1.29 is 14.3 Å². The Balaban J connectivity index is 1.39. The lowest BCUT2D eigenvalue weighted by Crippen LogP contribution is -2.36. The van der Waals surface area contributed by atoms with Crippen LogP contribution in [0.5, 0.6) is 0 Å². The van der Waals surface area contributed by atoms with E-state index in [1.165, 1.54) is 24.2 Å². The Bertz CT molecular complexity index is 1570. The molecule has 1 N–H and O–H groups in total. The largest absolute Gasteiger partial charge is 0.444 e. The van der Waals surface area contributed by atoms with E-state index in [0.29, 0.717) is 13.1 Å². The van der Waals surface area contributed by atoms with Crippen LogP contribution in [0.4, 0.5) is 4.79 Å². The second-order valence-corrected chi connectivity index (χ2v) is 12.5. The van der Waals surface area contributed by atoms with Gasteiger partial charge in [0.1, 0.15) is 11.3 Å². The van der Waals surface area contributed by atoms with Crippen molar-refractivity contribution in [2.45, 2.75) is 97.9 Å². The van der Waals surface area contributed by atoms with Gasteiger partial charge in [0, 0.05) is 42.2 Å². The molecule has 0 saturated carbocycles. The zero-order valence-corrected chi connectivity index (χ0v) is 25.5. The zero-order valence-electron chi connectivity index (χ0n) is 25.5. The Labute approximate surface area is 247 Å².